The predicted octanol–water partition coefficient (Wildman–Crippen LogP) is -2.77. The summed E-state index contributed by atoms with van der Waals surface area (Å²) in [6, 6.07) is 3.04. The summed E-state index contributed by atoms with van der Waals surface area (Å²) in [4.78, 5) is 0. The van der Waals surface area contributed by atoms with Gasteiger partial charge in [0.1, 0.15) is 42.7 Å². The Morgan fingerprint density at radius 1 is 0.765 bits per heavy atom. The second-order valence-electron chi connectivity index (χ2n) is 8.14. The van der Waals surface area contributed by atoms with Crippen molar-refractivity contribution in [3.8, 4) is 17.2 Å². The number of aliphatic hydroxyl groups is 7. The molecular weight excluding hydrogens is 460 g/mol. The van der Waals surface area contributed by atoms with Gasteiger partial charge in [0.2, 0.25) is 12.0 Å². The molecule has 194 valence electrons. The van der Waals surface area contributed by atoms with E-state index in [0.29, 0.717) is 5.56 Å². The molecule has 2 saturated heterocycles. The highest BCUT2D eigenvalue weighted by molar-refractivity contribution is 5.54. The van der Waals surface area contributed by atoms with Crippen LogP contribution in [-0.2, 0) is 20.8 Å². The number of hydrogen-bond donors (Lipinski definition) is 7. The average Bonchev–Trinajstić information content (AvgIpc) is 2.84. The number of benzene rings is 1. The molecule has 1 aromatic carbocycles. The molecule has 0 amide bonds. The Hall–Kier alpha value is -1.78. The number of rotatable bonds is 8. The lowest BCUT2D eigenvalue weighted by atomic mass is 9.99. The van der Waals surface area contributed by atoms with E-state index >= 15 is 0 Å². The first-order valence-electron chi connectivity index (χ1n) is 10.7. The molecule has 2 fully saturated rings. The van der Waals surface area contributed by atoms with E-state index in [-0.39, 0.29) is 23.9 Å². The van der Waals surface area contributed by atoms with E-state index in [1.165, 1.54) is 33.3 Å². The Morgan fingerprint density at radius 3 is 1.88 bits per heavy atom. The molecule has 0 spiro atoms. The van der Waals surface area contributed by atoms with Crippen LogP contribution in [0, 0.1) is 0 Å². The number of ether oxygens (including phenoxy) is 6. The van der Waals surface area contributed by atoms with Gasteiger partial charge in [-0.3, -0.25) is 0 Å². The van der Waals surface area contributed by atoms with Gasteiger partial charge in [0.15, 0.2) is 17.8 Å². The molecule has 10 unspecified atom stereocenters. The van der Waals surface area contributed by atoms with E-state index < -0.39 is 68.0 Å². The standard InChI is InChI=1S/C21H32O13/c1-8-13(23)15(25)17(27)20(32-8)31-7-9-4-10(29-2)19(11(5-9)30-3)34-21-18(28)16(26)14(24)12(6-22)33-21/h4-5,8,12-18,20-28H,6-7H2,1-3H3. The molecule has 0 bridgehead atoms. The molecule has 34 heavy (non-hydrogen) atoms. The molecule has 13 heteroatoms. The van der Waals surface area contributed by atoms with Crippen LogP contribution in [-0.4, -0.2) is 118 Å². The molecule has 0 aliphatic carbocycles. The van der Waals surface area contributed by atoms with Gasteiger partial charge in [-0.25, -0.2) is 0 Å². The summed E-state index contributed by atoms with van der Waals surface area (Å²) in [6.07, 6.45) is -13.5. The smallest absolute Gasteiger partial charge is 0.229 e. The first-order chi connectivity index (χ1) is 16.1. The summed E-state index contributed by atoms with van der Waals surface area (Å²) >= 11 is 0. The van der Waals surface area contributed by atoms with Gasteiger partial charge in [-0.05, 0) is 24.6 Å². The van der Waals surface area contributed by atoms with E-state index in [9.17, 15) is 35.7 Å². The molecule has 0 radical (unpaired) electrons. The predicted molar refractivity (Wildman–Crippen MR) is 111 cm³/mol. The SMILES string of the molecule is COc1cc(COC2OC(C)C(O)C(O)C2O)cc(OC)c1OC1OC(CO)C(O)C(O)C1O. The average molecular weight is 492 g/mol. The third-order valence-corrected chi connectivity index (χ3v) is 5.83. The summed E-state index contributed by atoms with van der Waals surface area (Å²) in [5.74, 6) is 0.298. The van der Waals surface area contributed by atoms with Crippen molar-refractivity contribution in [3.63, 3.8) is 0 Å². The summed E-state index contributed by atoms with van der Waals surface area (Å²) in [5.41, 5.74) is 0.499. The van der Waals surface area contributed by atoms with E-state index in [2.05, 4.69) is 0 Å². The van der Waals surface area contributed by atoms with Crippen LogP contribution in [0.2, 0.25) is 0 Å². The van der Waals surface area contributed by atoms with Crippen LogP contribution in [0.25, 0.3) is 0 Å². The van der Waals surface area contributed by atoms with Crippen LogP contribution in [0.1, 0.15) is 12.5 Å². The third-order valence-electron chi connectivity index (χ3n) is 5.83. The van der Waals surface area contributed by atoms with Gasteiger partial charge in [-0.15, -0.1) is 0 Å². The molecule has 1 aromatic rings. The van der Waals surface area contributed by atoms with Crippen LogP contribution in [0.15, 0.2) is 12.1 Å². The van der Waals surface area contributed by atoms with E-state index in [0.717, 1.165) is 0 Å². The van der Waals surface area contributed by atoms with Crippen LogP contribution in [0.5, 0.6) is 17.2 Å². The maximum atomic E-state index is 10.3. The first kappa shape index (κ1) is 26.8. The fraction of sp³-hybridized carbons (Fsp3) is 0.714. The van der Waals surface area contributed by atoms with Crippen molar-refractivity contribution in [3.05, 3.63) is 17.7 Å². The van der Waals surface area contributed by atoms with Gasteiger partial charge in [0.05, 0.1) is 33.5 Å². The Kier molecular flexibility index (Phi) is 8.92. The largest absolute Gasteiger partial charge is 0.493 e. The van der Waals surface area contributed by atoms with Gasteiger partial charge in [-0.2, -0.15) is 0 Å². The van der Waals surface area contributed by atoms with Gasteiger partial charge >= 0.3 is 0 Å². The molecule has 7 N–H and O–H groups in total. The number of aliphatic hydroxyl groups excluding tert-OH is 7. The maximum Gasteiger partial charge on any atom is 0.229 e. The lowest BCUT2D eigenvalue weighted by molar-refractivity contribution is -0.296. The minimum Gasteiger partial charge on any atom is -0.493 e. The van der Waals surface area contributed by atoms with Gasteiger partial charge in [-0.1, -0.05) is 0 Å². The fourth-order valence-electron chi connectivity index (χ4n) is 3.74. The highest BCUT2D eigenvalue weighted by Gasteiger charge is 2.45. The van der Waals surface area contributed by atoms with Crippen molar-refractivity contribution in [2.45, 2.75) is 74.9 Å². The second kappa shape index (κ2) is 11.3. The highest BCUT2D eigenvalue weighted by atomic mass is 16.7. The molecule has 2 aliphatic heterocycles. The Labute approximate surface area is 195 Å². The molecule has 2 aliphatic rings. The van der Waals surface area contributed by atoms with Crippen LogP contribution in [0.3, 0.4) is 0 Å². The van der Waals surface area contributed by atoms with Crippen molar-refractivity contribution in [1.82, 2.24) is 0 Å². The van der Waals surface area contributed by atoms with Crippen molar-refractivity contribution >= 4 is 0 Å². The fourth-order valence-corrected chi connectivity index (χ4v) is 3.74. The quantitative estimate of drug-likeness (QED) is 0.197. The molecule has 0 saturated carbocycles. The molecule has 3 rings (SSSR count). The maximum absolute atomic E-state index is 10.3. The zero-order valence-electron chi connectivity index (χ0n) is 18.9. The van der Waals surface area contributed by atoms with Crippen molar-refractivity contribution in [2.75, 3.05) is 20.8 Å². The minimum atomic E-state index is -1.64. The molecule has 10 atom stereocenters. The lowest BCUT2D eigenvalue weighted by Crippen LogP contribution is -2.60. The number of hydrogen-bond acceptors (Lipinski definition) is 13. The molecule has 0 aromatic heterocycles. The summed E-state index contributed by atoms with van der Waals surface area (Å²) in [5, 5.41) is 69.4. The summed E-state index contributed by atoms with van der Waals surface area (Å²) in [6.45, 7) is 0.812. The van der Waals surface area contributed by atoms with E-state index in [1.54, 1.807) is 0 Å². The van der Waals surface area contributed by atoms with E-state index in [4.69, 9.17) is 28.4 Å². The third kappa shape index (κ3) is 5.39. The Morgan fingerprint density at radius 2 is 1.32 bits per heavy atom. The van der Waals surface area contributed by atoms with Gasteiger partial charge in [0.25, 0.3) is 0 Å². The summed E-state index contributed by atoms with van der Waals surface area (Å²) < 4.78 is 32.8. The minimum absolute atomic E-state index is 0.0131. The van der Waals surface area contributed by atoms with E-state index in [1.807, 2.05) is 0 Å². The zero-order valence-corrected chi connectivity index (χ0v) is 18.9. The van der Waals surface area contributed by atoms with Crippen molar-refractivity contribution in [2.24, 2.45) is 0 Å². The monoisotopic (exact) mass is 492 g/mol. The number of methoxy groups -OCH3 is 2. The van der Waals surface area contributed by atoms with Crippen LogP contribution < -0.4 is 14.2 Å². The highest BCUT2D eigenvalue weighted by Crippen LogP contribution is 2.41. The topological polar surface area (TPSA) is 197 Å². The lowest BCUT2D eigenvalue weighted by Gasteiger charge is -2.39. The van der Waals surface area contributed by atoms with Crippen LogP contribution in [0.4, 0.5) is 0 Å². The second-order valence-corrected chi connectivity index (χ2v) is 8.14. The molecule has 13 nitrogen and oxygen atoms in total. The van der Waals surface area contributed by atoms with Crippen molar-refractivity contribution in [1.29, 1.82) is 0 Å². The molecule has 2 heterocycles. The first-order valence-corrected chi connectivity index (χ1v) is 10.7. The van der Waals surface area contributed by atoms with Crippen LogP contribution >= 0.6 is 0 Å². The van der Waals surface area contributed by atoms with Gasteiger partial charge < -0.3 is 64.2 Å². The molecular formula is C21H32O13. The van der Waals surface area contributed by atoms with Gasteiger partial charge in [0, 0.05) is 0 Å². The Bertz CT molecular complexity index is 780. The normalized spacial score (nSPS) is 38.4. The summed E-state index contributed by atoms with van der Waals surface area (Å²) in [7, 11) is 2.71. The van der Waals surface area contributed by atoms with Crippen molar-refractivity contribution < 1.29 is 64.2 Å². The Balaban J connectivity index is 1.77. The zero-order chi connectivity index (χ0) is 25.2.